The molecule has 0 aliphatic carbocycles. The minimum atomic E-state index is -3.95. The van der Waals surface area contributed by atoms with E-state index in [1.807, 2.05) is 13.8 Å². The van der Waals surface area contributed by atoms with Crippen molar-refractivity contribution >= 4 is 50.7 Å². The van der Waals surface area contributed by atoms with Crippen molar-refractivity contribution in [1.29, 1.82) is 0 Å². The topological polar surface area (TPSA) is 63.4 Å². The number of carbonyl (C=O) groups is 1. The van der Waals surface area contributed by atoms with Crippen LogP contribution >= 0.6 is 34.8 Å². The van der Waals surface area contributed by atoms with E-state index >= 15 is 0 Å². The van der Waals surface area contributed by atoms with E-state index in [2.05, 4.69) is 6.92 Å². The second-order valence-corrected chi connectivity index (χ2v) is 10.9. The second-order valence-electron chi connectivity index (χ2n) is 6.81. The van der Waals surface area contributed by atoms with Gasteiger partial charge in [0.25, 0.3) is 10.1 Å². The minimum Gasteiger partial charge on any atom is -0.300 e. The quantitative estimate of drug-likeness (QED) is 0.428. The molecule has 1 saturated heterocycles. The molecule has 1 rings (SSSR count). The largest absolute Gasteiger partial charge is 0.300 e. The first-order valence-electron chi connectivity index (χ1n) is 7.52. The van der Waals surface area contributed by atoms with Crippen molar-refractivity contribution in [3.05, 3.63) is 0 Å². The van der Waals surface area contributed by atoms with E-state index in [4.69, 9.17) is 39.1 Å². The Morgan fingerprint density at radius 3 is 2.35 bits per heavy atom. The molecular weight excluding hydrogens is 385 g/mol. The Bertz CT molecular complexity index is 531. The molecule has 0 aromatic carbocycles. The molecule has 136 valence electrons. The molecule has 0 radical (unpaired) electrons. The molecule has 1 aliphatic rings. The first-order valence-corrected chi connectivity index (χ1v) is 10.2. The predicted molar refractivity (Wildman–Crippen MR) is 93.2 cm³/mol. The van der Waals surface area contributed by atoms with Crippen LogP contribution in [0.15, 0.2) is 0 Å². The average molecular weight is 409 g/mol. The zero-order valence-corrected chi connectivity index (χ0v) is 16.9. The molecule has 0 spiro atoms. The standard InChI is InChI=1S/C14H24Cl3NO4S/c1-10(5-7-11(2)19)6-8-12-13(3,4)18(12)22-23(20,21)9-14(15,16)17/h10,12H,5-9H2,1-4H3. The van der Waals surface area contributed by atoms with Crippen LogP contribution in [0.3, 0.4) is 0 Å². The van der Waals surface area contributed by atoms with E-state index in [0.29, 0.717) is 12.3 Å². The monoisotopic (exact) mass is 407 g/mol. The van der Waals surface area contributed by atoms with E-state index in [0.717, 1.165) is 19.3 Å². The Hall–Kier alpha value is 0.410. The molecule has 0 amide bonds. The molecule has 23 heavy (non-hydrogen) atoms. The van der Waals surface area contributed by atoms with Crippen molar-refractivity contribution < 1.29 is 17.5 Å². The van der Waals surface area contributed by atoms with Gasteiger partial charge < -0.3 is 4.79 Å². The fourth-order valence-corrected chi connectivity index (χ4v) is 4.73. The number of rotatable bonds is 9. The summed E-state index contributed by atoms with van der Waals surface area (Å²) in [5, 5.41) is 1.44. The molecule has 9 heteroatoms. The minimum absolute atomic E-state index is 0.00701. The summed E-state index contributed by atoms with van der Waals surface area (Å²) in [4.78, 5) is 11.0. The number of nitrogens with zero attached hydrogens (tertiary/aromatic N) is 1. The summed E-state index contributed by atoms with van der Waals surface area (Å²) in [6.45, 7) is 7.48. The van der Waals surface area contributed by atoms with Crippen molar-refractivity contribution in [2.75, 3.05) is 5.75 Å². The zero-order chi connectivity index (χ0) is 18.1. The summed E-state index contributed by atoms with van der Waals surface area (Å²) in [6, 6.07) is -0.00701. The van der Waals surface area contributed by atoms with Crippen LogP contribution in [0.25, 0.3) is 0 Å². The van der Waals surface area contributed by atoms with Crippen LogP contribution in [0.1, 0.15) is 53.4 Å². The number of hydrogen-bond acceptors (Lipinski definition) is 5. The van der Waals surface area contributed by atoms with E-state index in [-0.39, 0.29) is 17.4 Å². The fraction of sp³-hybridized carbons (Fsp3) is 0.929. The normalized spacial score (nSPS) is 25.2. The molecule has 1 aliphatic heterocycles. The molecule has 0 aromatic heterocycles. The summed E-state index contributed by atoms with van der Waals surface area (Å²) in [5.74, 6) is -0.111. The molecule has 3 unspecified atom stereocenters. The summed E-state index contributed by atoms with van der Waals surface area (Å²) in [7, 11) is -3.95. The predicted octanol–water partition coefficient (Wildman–Crippen LogP) is 3.87. The average Bonchev–Trinajstić information content (AvgIpc) is 2.80. The summed E-state index contributed by atoms with van der Waals surface area (Å²) < 4.78 is 27.0. The number of hydroxylamine groups is 2. The van der Waals surface area contributed by atoms with Gasteiger partial charge in [0.05, 0.1) is 11.6 Å². The molecule has 0 aromatic rings. The van der Waals surface area contributed by atoms with Crippen molar-refractivity contribution in [3.63, 3.8) is 0 Å². The molecule has 5 nitrogen and oxygen atoms in total. The Balaban J connectivity index is 2.49. The molecule has 1 fully saturated rings. The lowest BCUT2D eigenvalue weighted by atomic mass is 9.95. The van der Waals surface area contributed by atoms with Crippen molar-refractivity contribution in [2.45, 2.75) is 68.8 Å². The third kappa shape index (κ3) is 7.45. The van der Waals surface area contributed by atoms with Gasteiger partial charge in [-0.2, -0.15) is 17.8 Å². The SMILES string of the molecule is CC(=O)CCC(C)CCC1N(OS(=O)(=O)CC(Cl)(Cl)Cl)C1(C)C. The smallest absolute Gasteiger partial charge is 0.287 e. The van der Waals surface area contributed by atoms with Gasteiger partial charge in [-0.15, -0.1) is 0 Å². The van der Waals surface area contributed by atoms with E-state index in [1.54, 1.807) is 6.92 Å². The van der Waals surface area contributed by atoms with Crippen molar-refractivity contribution in [1.82, 2.24) is 5.06 Å². The number of halogens is 3. The van der Waals surface area contributed by atoms with Crippen LogP contribution in [-0.4, -0.2) is 40.4 Å². The highest BCUT2D eigenvalue weighted by atomic mass is 35.6. The summed E-state index contributed by atoms with van der Waals surface area (Å²) >= 11 is 16.6. The van der Waals surface area contributed by atoms with Crippen LogP contribution < -0.4 is 0 Å². The molecule has 0 bridgehead atoms. The molecule has 3 atom stereocenters. The van der Waals surface area contributed by atoms with Gasteiger partial charge in [0.2, 0.25) is 3.79 Å². The van der Waals surface area contributed by atoms with Gasteiger partial charge in [-0.1, -0.05) is 41.7 Å². The fourth-order valence-electron chi connectivity index (χ4n) is 2.53. The zero-order valence-electron chi connectivity index (χ0n) is 13.8. The number of carbonyl (C=O) groups excluding carboxylic acids is 1. The Labute approximate surface area is 153 Å². The van der Waals surface area contributed by atoms with Gasteiger partial charge >= 0.3 is 0 Å². The Kier molecular flexibility index (Phi) is 7.23. The molecule has 0 saturated carbocycles. The maximum absolute atomic E-state index is 11.9. The Morgan fingerprint density at radius 2 is 1.87 bits per heavy atom. The maximum Gasteiger partial charge on any atom is 0.287 e. The van der Waals surface area contributed by atoms with Crippen molar-refractivity contribution in [2.24, 2.45) is 5.92 Å². The van der Waals surface area contributed by atoms with Gasteiger partial charge in [0.15, 0.2) is 0 Å². The maximum atomic E-state index is 11.9. The highest BCUT2D eigenvalue weighted by Crippen LogP contribution is 2.45. The summed E-state index contributed by atoms with van der Waals surface area (Å²) in [5.41, 5.74) is -0.374. The lowest BCUT2D eigenvalue weighted by molar-refractivity contribution is -0.117. The van der Waals surface area contributed by atoms with Gasteiger partial charge in [-0.25, -0.2) is 0 Å². The number of ketones is 1. The van der Waals surface area contributed by atoms with Crippen LogP contribution in [0.4, 0.5) is 0 Å². The van der Waals surface area contributed by atoms with Crippen molar-refractivity contribution in [3.8, 4) is 0 Å². The second kappa shape index (κ2) is 7.75. The van der Waals surface area contributed by atoms with Crippen LogP contribution in [-0.2, 0) is 19.2 Å². The highest BCUT2D eigenvalue weighted by molar-refractivity contribution is 7.87. The Morgan fingerprint density at radius 1 is 1.30 bits per heavy atom. The lowest BCUT2D eigenvalue weighted by Crippen LogP contribution is -2.25. The highest BCUT2D eigenvalue weighted by Gasteiger charge is 2.58. The third-order valence-corrected chi connectivity index (χ3v) is 6.11. The van der Waals surface area contributed by atoms with Gasteiger partial charge in [0.1, 0.15) is 11.5 Å². The van der Waals surface area contributed by atoms with Gasteiger partial charge in [0, 0.05) is 6.42 Å². The number of Topliss-reactive ketones (excluding diaryl/α,β-unsaturated/α-hetero) is 1. The van der Waals surface area contributed by atoms with Gasteiger partial charge in [-0.3, -0.25) is 0 Å². The van der Waals surface area contributed by atoms with Gasteiger partial charge in [-0.05, 0) is 46.0 Å². The number of alkyl halides is 3. The molecule has 1 heterocycles. The van der Waals surface area contributed by atoms with E-state index < -0.39 is 19.7 Å². The van der Waals surface area contributed by atoms with Crippen LogP contribution in [0, 0.1) is 5.92 Å². The molecular formula is C14H24Cl3NO4S. The van der Waals surface area contributed by atoms with E-state index in [1.165, 1.54) is 5.06 Å². The first-order chi connectivity index (χ1) is 10.2. The first kappa shape index (κ1) is 21.5. The third-order valence-electron chi connectivity index (χ3n) is 4.06. The van der Waals surface area contributed by atoms with E-state index in [9.17, 15) is 13.2 Å². The molecule has 0 N–H and O–H groups in total. The lowest BCUT2D eigenvalue weighted by Gasteiger charge is -2.13. The number of hydrogen-bond donors (Lipinski definition) is 0. The summed E-state index contributed by atoms with van der Waals surface area (Å²) in [6.07, 6.45) is 3.10. The van der Waals surface area contributed by atoms with Crippen LogP contribution in [0.5, 0.6) is 0 Å². The van der Waals surface area contributed by atoms with Crippen LogP contribution in [0.2, 0.25) is 0 Å².